The smallest absolute Gasteiger partial charge is 0.253 e. The highest BCUT2D eigenvalue weighted by Crippen LogP contribution is 2.35. The van der Waals surface area contributed by atoms with Crippen molar-refractivity contribution in [3.63, 3.8) is 0 Å². The van der Waals surface area contributed by atoms with Crippen LogP contribution in [0.3, 0.4) is 0 Å². The van der Waals surface area contributed by atoms with Crippen molar-refractivity contribution in [3.05, 3.63) is 35.5 Å². The molecule has 2 fully saturated rings. The van der Waals surface area contributed by atoms with Gasteiger partial charge in [0.25, 0.3) is 5.91 Å². The molecule has 7 nitrogen and oxygen atoms in total. The quantitative estimate of drug-likeness (QED) is 0.723. The summed E-state index contributed by atoms with van der Waals surface area (Å²) in [6.07, 6.45) is 9.12. The number of amides is 1. The molecule has 0 atom stereocenters. The minimum absolute atomic E-state index is 0.0365. The SMILES string of the molecule is Cc1cc2[nH]ccc2cc1CCS(=O)(=O)N1CCC2(CC1)N=C(C1CCCCC1)NC2=O. The van der Waals surface area contributed by atoms with Gasteiger partial charge in [0.05, 0.1) is 5.75 Å². The van der Waals surface area contributed by atoms with Crippen LogP contribution in [0.4, 0.5) is 0 Å². The van der Waals surface area contributed by atoms with Crippen LogP contribution in [0.25, 0.3) is 10.9 Å². The topological polar surface area (TPSA) is 94.6 Å². The van der Waals surface area contributed by atoms with E-state index in [1.807, 2.05) is 19.2 Å². The van der Waals surface area contributed by atoms with Gasteiger partial charge in [0.15, 0.2) is 0 Å². The summed E-state index contributed by atoms with van der Waals surface area (Å²) in [6, 6.07) is 6.15. The van der Waals surface area contributed by atoms with Crippen molar-refractivity contribution in [2.75, 3.05) is 18.8 Å². The van der Waals surface area contributed by atoms with Crippen LogP contribution in [0.5, 0.6) is 0 Å². The first-order valence-electron chi connectivity index (χ1n) is 11.8. The molecule has 1 aliphatic carbocycles. The van der Waals surface area contributed by atoms with Crippen LogP contribution in [0.2, 0.25) is 0 Å². The van der Waals surface area contributed by atoms with Gasteiger partial charge < -0.3 is 10.3 Å². The summed E-state index contributed by atoms with van der Waals surface area (Å²) >= 11 is 0. The van der Waals surface area contributed by atoms with Crippen molar-refractivity contribution in [1.29, 1.82) is 0 Å². The van der Waals surface area contributed by atoms with E-state index in [-0.39, 0.29) is 11.7 Å². The van der Waals surface area contributed by atoms with Gasteiger partial charge in [0.2, 0.25) is 10.0 Å². The molecular formula is C24H32N4O3S. The fraction of sp³-hybridized carbons (Fsp3) is 0.583. The third-order valence-corrected chi connectivity index (χ3v) is 9.44. The van der Waals surface area contributed by atoms with Crippen molar-refractivity contribution in [3.8, 4) is 0 Å². The molecule has 5 rings (SSSR count). The van der Waals surface area contributed by atoms with Crippen LogP contribution in [-0.2, 0) is 21.2 Å². The summed E-state index contributed by atoms with van der Waals surface area (Å²) < 4.78 is 27.7. The van der Waals surface area contributed by atoms with Crippen molar-refractivity contribution in [1.82, 2.24) is 14.6 Å². The van der Waals surface area contributed by atoms with E-state index >= 15 is 0 Å². The number of nitrogens with one attached hydrogen (secondary N) is 2. The van der Waals surface area contributed by atoms with Crippen molar-refractivity contribution >= 4 is 32.7 Å². The standard InChI is InChI=1S/C24H32N4O3S/c1-17-15-21-20(7-11-25-21)16-19(17)8-14-32(30,31)28-12-9-24(10-13-28)23(29)26-22(27-24)18-5-3-2-4-6-18/h7,11,15-16,18,25H,2-6,8-10,12-14H2,1H3,(H,26,27,29). The number of benzene rings is 1. The molecule has 1 aromatic heterocycles. The summed E-state index contributed by atoms with van der Waals surface area (Å²) in [6.45, 7) is 2.73. The number of aromatic amines is 1. The minimum Gasteiger partial charge on any atom is -0.361 e. The third kappa shape index (κ3) is 3.99. The Morgan fingerprint density at radius 2 is 1.91 bits per heavy atom. The second-order valence-electron chi connectivity index (χ2n) is 9.63. The van der Waals surface area contributed by atoms with E-state index in [4.69, 9.17) is 4.99 Å². The van der Waals surface area contributed by atoms with E-state index < -0.39 is 15.6 Å². The molecule has 0 bridgehead atoms. The minimum atomic E-state index is -3.39. The largest absolute Gasteiger partial charge is 0.361 e. The molecule has 1 saturated carbocycles. The Morgan fingerprint density at radius 3 is 2.66 bits per heavy atom. The first-order valence-corrected chi connectivity index (χ1v) is 13.4. The molecule has 2 aliphatic heterocycles. The summed E-state index contributed by atoms with van der Waals surface area (Å²) in [5.41, 5.74) is 2.46. The lowest BCUT2D eigenvalue weighted by Crippen LogP contribution is -2.51. The number of carbonyl (C=O) groups is 1. The number of fused-ring (bicyclic) bond motifs is 1. The number of piperidine rings is 1. The number of sulfonamides is 1. The maximum absolute atomic E-state index is 13.1. The van der Waals surface area contributed by atoms with Crippen LogP contribution in [0, 0.1) is 12.8 Å². The number of aromatic nitrogens is 1. The molecule has 0 radical (unpaired) electrons. The van der Waals surface area contributed by atoms with Gasteiger partial charge in [0, 0.05) is 30.7 Å². The number of hydrogen-bond donors (Lipinski definition) is 2. The van der Waals surface area contributed by atoms with Crippen molar-refractivity contribution < 1.29 is 13.2 Å². The van der Waals surface area contributed by atoms with E-state index in [1.165, 1.54) is 19.3 Å². The predicted octanol–water partition coefficient (Wildman–Crippen LogP) is 3.29. The highest BCUT2D eigenvalue weighted by Gasteiger charge is 2.48. The lowest BCUT2D eigenvalue weighted by Gasteiger charge is -2.34. The van der Waals surface area contributed by atoms with Gasteiger partial charge in [0.1, 0.15) is 11.4 Å². The van der Waals surface area contributed by atoms with E-state index in [0.717, 1.165) is 40.7 Å². The van der Waals surface area contributed by atoms with E-state index in [1.54, 1.807) is 4.31 Å². The molecule has 3 aliphatic rings. The van der Waals surface area contributed by atoms with Crippen LogP contribution in [-0.4, -0.2) is 53.8 Å². The third-order valence-electron chi connectivity index (χ3n) is 7.57. The Balaban J connectivity index is 1.23. The molecule has 3 heterocycles. The maximum atomic E-state index is 13.1. The van der Waals surface area contributed by atoms with Crippen LogP contribution in [0.1, 0.15) is 56.1 Å². The maximum Gasteiger partial charge on any atom is 0.253 e. The predicted molar refractivity (Wildman–Crippen MR) is 126 cm³/mol. The summed E-state index contributed by atoms with van der Waals surface area (Å²) in [5, 5.41) is 4.14. The molecule has 1 saturated heterocycles. The Labute approximate surface area is 189 Å². The van der Waals surface area contributed by atoms with Gasteiger partial charge in [-0.05, 0) is 73.7 Å². The van der Waals surface area contributed by atoms with Crippen LogP contribution < -0.4 is 5.32 Å². The number of nitrogens with zero attached hydrogens (tertiary/aromatic N) is 2. The lowest BCUT2D eigenvalue weighted by molar-refractivity contribution is -0.125. The molecule has 2 N–H and O–H groups in total. The second-order valence-corrected chi connectivity index (χ2v) is 11.7. The number of aliphatic imine (C=N–C) groups is 1. The first kappa shape index (κ1) is 21.6. The molecule has 2 aromatic rings. The number of amidine groups is 1. The summed E-state index contributed by atoms with van der Waals surface area (Å²) in [4.78, 5) is 20.9. The van der Waals surface area contributed by atoms with E-state index in [0.29, 0.717) is 38.3 Å². The van der Waals surface area contributed by atoms with Crippen molar-refractivity contribution in [2.24, 2.45) is 10.9 Å². The van der Waals surface area contributed by atoms with Crippen LogP contribution >= 0.6 is 0 Å². The molecule has 0 unspecified atom stereocenters. The molecule has 1 amide bonds. The average Bonchev–Trinajstić information content (AvgIpc) is 3.37. The number of H-pyrrole nitrogens is 1. The summed E-state index contributed by atoms with van der Waals surface area (Å²) in [5.74, 6) is 1.25. The van der Waals surface area contributed by atoms with Gasteiger partial charge >= 0.3 is 0 Å². The van der Waals surface area contributed by atoms with E-state index in [2.05, 4.69) is 22.4 Å². The van der Waals surface area contributed by atoms with Gasteiger partial charge in [-0.3, -0.25) is 9.79 Å². The Morgan fingerprint density at radius 1 is 1.16 bits per heavy atom. The second kappa shape index (κ2) is 8.30. The van der Waals surface area contributed by atoms with Gasteiger partial charge in [-0.1, -0.05) is 19.3 Å². The van der Waals surface area contributed by atoms with Crippen molar-refractivity contribution in [2.45, 2.75) is 63.8 Å². The average molecular weight is 457 g/mol. The Kier molecular flexibility index (Phi) is 5.61. The zero-order valence-corrected chi connectivity index (χ0v) is 19.5. The molecule has 8 heteroatoms. The monoisotopic (exact) mass is 456 g/mol. The number of aryl methyl sites for hydroxylation is 2. The Bertz CT molecular complexity index is 1150. The van der Waals surface area contributed by atoms with E-state index in [9.17, 15) is 13.2 Å². The normalized spacial score (nSPS) is 22.4. The first-order chi connectivity index (χ1) is 15.4. The zero-order chi connectivity index (χ0) is 22.3. The molecule has 172 valence electrons. The fourth-order valence-electron chi connectivity index (χ4n) is 5.48. The Hall–Kier alpha value is -2.19. The highest BCUT2D eigenvalue weighted by atomic mass is 32.2. The molecule has 1 spiro atoms. The lowest BCUT2D eigenvalue weighted by atomic mass is 9.88. The molecular weight excluding hydrogens is 424 g/mol. The highest BCUT2D eigenvalue weighted by molar-refractivity contribution is 7.89. The van der Waals surface area contributed by atoms with Gasteiger partial charge in [-0.25, -0.2) is 12.7 Å². The number of hydrogen-bond acceptors (Lipinski definition) is 4. The molecule has 32 heavy (non-hydrogen) atoms. The van der Waals surface area contributed by atoms with Crippen LogP contribution in [0.15, 0.2) is 29.4 Å². The summed E-state index contributed by atoms with van der Waals surface area (Å²) in [7, 11) is -3.39. The number of rotatable bonds is 5. The number of carbonyl (C=O) groups excluding carboxylic acids is 1. The molecule has 1 aromatic carbocycles. The van der Waals surface area contributed by atoms with Gasteiger partial charge in [-0.15, -0.1) is 0 Å². The van der Waals surface area contributed by atoms with Gasteiger partial charge in [-0.2, -0.15) is 0 Å². The fourth-order valence-corrected chi connectivity index (χ4v) is 6.95. The zero-order valence-electron chi connectivity index (χ0n) is 18.7.